The maximum Gasteiger partial charge on any atom is 0.348 e. The van der Waals surface area contributed by atoms with Gasteiger partial charge in [0.1, 0.15) is 0 Å². The SMILES string of the molecule is CCCCCCCCCCC=C[SiH](OCC)OCC. The second kappa shape index (κ2) is 15.9. The Labute approximate surface area is 122 Å². The summed E-state index contributed by atoms with van der Waals surface area (Å²) in [5.41, 5.74) is 2.19. The number of allylic oxidation sites excluding steroid dienone is 1. The molecule has 0 aliphatic carbocycles. The van der Waals surface area contributed by atoms with Gasteiger partial charge < -0.3 is 8.85 Å². The number of rotatable bonds is 14. The fourth-order valence-electron chi connectivity index (χ4n) is 2.09. The van der Waals surface area contributed by atoms with E-state index in [1.54, 1.807) is 0 Å². The van der Waals surface area contributed by atoms with Gasteiger partial charge in [-0.1, -0.05) is 57.9 Å². The summed E-state index contributed by atoms with van der Waals surface area (Å²) < 4.78 is 11.2. The van der Waals surface area contributed by atoms with Crippen LogP contribution in [0.3, 0.4) is 0 Å². The Hall–Kier alpha value is -0.123. The number of hydrogen-bond donors (Lipinski definition) is 0. The highest BCUT2D eigenvalue weighted by Crippen LogP contribution is 2.09. The maximum atomic E-state index is 5.59. The van der Waals surface area contributed by atoms with Crippen LogP contribution in [0.15, 0.2) is 11.8 Å². The first kappa shape index (κ1) is 18.9. The molecule has 0 aromatic heterocycles. The molecular weight excluding hydrogens is 252 g/mol. The topological polar surface area (TPSA) is 18.5 Å². The van der Waals surface area contributed by atoms with Crippen LogP contribution in [0, 0.1) is 0 Å². The van der Waals surface area contributed by atoms with Gasteiger partial charge in [-0.25, -0.2) is 0 Å². The van der Waals surface area contributed by atoms with Crippen molar-refractivity contribution in [2.24, 2.45) is 0 Å². The molecule has 0 aliphatic rings. The second-order valence-corrected chi connectivity index (χ2v) is 6.76. The van der Waals surface area contributed by atoms with Gasteiger partial charge in [-0.2, -0.15) is 0 Å². The van der Waals surface area contributed by atoms with Crippen molar-refractivity contribution in [3.8, 4) is 0 Å². The summed E-state index contributed by atoms with van der Waals surface area (Å²) in [6, 6.07) is 0. The molecule has 0 atom stereocenters. The van der Waals surface area contributed by atoms with Gasteiger partial charge in [0, 0.05) is 13.2 Å². The molecule has 0 aromatic rings. The first-order chi connectivity index (χ1) is 9.35. The van der Waals surface area contributed by atoms with Crippen molar-refractivity contribution in [2.75, 3.05) is 13.2 Å². The summed E-state index contributed by atoms with van der Waals surface area (Å²) in [5.74, 6) is 0. The standard InChI is InChI=1S/C16H34O2Si/c1-4-7-8-9-10-11-12-13-14-15-16-19(17-5-2)18-6-3/h15-16,19H,4-14H2,1-3H3. The fraction of sp³-hybridized carbons (Fsp3) is 0.875. The third-order valence-electron chi connectivity index (χ3n) is 3.18. The summed E-state index contributed by atoms with van der Waals surface area (Å²) in [6.45, 7) is 7.86. The molecule has 3 heteroatoms. The summed E-state index contributed by atoms with van der Waals surface area (Å²) in [6.07, 6.45) is 14.5. The van der Waals surface area contributed by atoms with E-state index in [0.29, 0.717) is 0 Å². The van der Waals surface area contributed by atoms with Crippen LogP contribution in [0.5, 0.6) is 0 Å². The predicted octanol–water partition coefficient (Wildman–Crippen LogP) is 4.91. The lowest BCUT2D eigenvalue weighted by molar-refractivity contribution is 0.224. The lowest BCUT2D eigenvalue weighted by Crippen LogP contribution is -2.20. The van der Waals surface area contributed by atoms with Gasteiger partial charge in [0.05, 0.1) is 0 Å². The Morgan fingerprint density at radius 1 is 0.737 bits per heavy atom. The van der Waals surface area contributed by atoms with E-state index in [1.807, 2.05) is 13.8 Å². The zero-order valence-electron chi connectivity index (χ0n) is 13.3. The van der Waals surface area contributed by atoms with E-state index in [0.717, 1.165) is 13.2 Å². The molecule has 114 valence electrons. The highest BCUT2D eigenvalue weighted by atomic mass is 28.3. The molecule has 0 N–H and O–H groups in total. The summed E-state index contributed by atoms with van der Waals surface area (Å²) in [4.78, 5) is 0. The predicted molar refractivity (Wildman–Crippen MR) is 86.8 cm³/mol. The van der Waals surface area contributed by atoms with Crippen molar-refractivity contribution in [3.05, 3.63) is 11.8 Å². The van der Waals surface area contributed by atoms with Crippen LogP contribution >= 0.6 is 0 Å². The second-order valence-electron chi connectivity index (χ2n) is 4.97. The monoisotopic (exact) mass is 286 g/mol. The van der Waals surface area contributed by atoms with Crippen molar-refractivity contribution >= 4 is 9.28 Å². The minimum atomic E-state index is -1.49. The van der Waals surface area contributed by atoms with Gasteiger partial charge in [0.15, 0.2) is 0 Å². The number of hydrogen-bond acceptors (Lipinski definition) is 2. The highest BCUT2D eigenvalue weighted by molar-refractivity contribution is 6.50. The zero-order valence-corrected chi connectivity index (χ0v) is 14.5. The third-order valence-corrected chi connectivity index (χ3v) is 5.09. The van der Waals surface area contributed by atoms with Crippen molar-refractivity contribution < 1.29 is 8.85 Å². The van der Waals surface area contributed by atoms with Crippen molar-refractivity contribution in [2.45, 2.75) is 78.6 Å². The summed E-state index contributed by atoms with van der Waals surface area (Å²) in [5, 5.41) is 0. The van der Waals surface area contributed by atoms with Crippen molar-refractivity contribution in [1.29, 1.82) is 0 Å². The quantitative estimate of drug-likeness (QED) is 0.334. The average molecular weight is 287 g/mol. The molecule has 0 fully saturated rings. The van der Waals surface area contributed by atoms with E-state index in [9.17, 15) is 0 Å². The molecule has 0 radical (unpaired) electrons. The molecule has 0 saturated heterocycles. The minimum Gasteiger partial charge on any atom is -0.394 e. The lowest BCUT2D eigenvalue weighted by atomic mass is 10.1. The van der Waals surface area contributed by atoms with E-state index in [1.165, 1.54) is 57.8 Å². The molecule has 0 aromatic carbocycles. The van der Waals surface area contributed by atoms with Gasteiger partial charge in [-0.05, 0) is 32.4 Å². The van der Waals surface area contributed by atoms with Gasteiger partial charge in [0.2, 0.25) is 0 Å². The smallest absolute Gasteiger partial charge is 0.348 e. The molecule has 0 aliphatic heterocycles. The lowest BCUT2D eigenvalue weighted by Gasteiger charge is -2.09. The molecule has 0 spiro atoms. The molecule has 2 nitrogen and oxygen atoms in total. The van der Waals surface area contributed by atoms with Crippen LogP contribution in [-0.4, -0.2) is 22.5 Å². The number of unbranched alkanes of at least 4 members (excludes halogenated alkanes) is 8. The molecule has 0 amide bonds. The van der Waals surface area contributed by atoms with E-state index in [2.05, 4.69) is 18.7 Å². The Bertz CT molecular complexity index is 189. The van der Waals surface area contributed by atoms with Crippen LogP contribution in [0.2, 0.25) is 0 Å². The van der Waals surface area contributed by atoms with Gasteiger partial charge >= 0.3 is 9.28 Å². The molecule has 0 bridgehead atoms. The zero-order chi connectivity index (χ0) is 14.2. The van der Waals surface area contributed by atoms with Gasteiger partial charge in [-0.15, -0.1) is 0 Å². The molecule has 19 heavy (non-hydrogen) atoms. The maximum absolute atomic E-state index is 5.59. The largest absolute Gasteiger partial charge is 0.394 e. The normalized spacial score (nSPS) is 11.8. The van der Waals surface area contributed by atoms with Crippen LogP contribution in [0.25, 0.3) is 0 Å². The molecular formula is C16H34O2Si. The van der Waals surface area contributed by atoms with Crippen LogP contribution < -0.4 is 0 Å². The van der Waals surface area contributed by atoms with E-state index in [4.69, 9.17) is 8.85 Å². The molecule has 0 heterocycles. The first-order valence-electron chi connectivity index (χ1n) is 8.24. The Morgan fingerprint density at radius 3 is 1.79 bits per heavy atom. The summed E-state index contributed by atoms with van der Waals surface area (Å²) >= 11 is 0. The van der Waals surface area contributed by atoms with Crippen molar-refractivity contribution in [1.82, 2.24) is 0 Å². The fourth-order valence-corrected chi connectivity index (χ4v) is 3.48. The molecule has 0 rings (SSSR count). The van der Waals surface area contributed by atoms with Gasteiger partial charge in [0.25, 0.3) is 0 Å². The minimum absolute atomic E-state index is 0.763. The Balaban J connectivity index is 3.35. The van der Waals surface area contributed by atoms with Crippen LogP contribution in [-0.2, 0) is 8.85 Å². The van der Waals surface area contributed by atoms with E-state index >= 15 is 0 Å². The van der Waals surface area contributed by atoms with Gasteiger partial charge in [-0.3, -0.25) is 0 Å². The van der Waals surface area contributed by atoms with Crippen LogP contribution in [0.4, 0.5) is 0 Å². The average Bonchev–Trinajstić information content (AvgIpc) is 2.41. The highest BCUT2D eigenvalue weighted by Gasteiger charge is 2.05. The van der Waals surface area contributed by atoms with Crippen LogP contribution in [0.1, 0.15) is 78.6 Å². The molecule has 0 unspecified atom stereocenters. The molecule has 0 saturated carbocycles. The Morgan fingerprint density at radius 2 is 1.26 bits per heavy atom. The first-order valence-corrected chi connectivity index (χ1v) is 9.85. The Kier molecular flexibility index (Phi) is 15.8. The van der Waals surface area contributed by atoms with Crippen molar-refractivity contribution in [3.63, 3.8) is 0 Å². The van der Waals surface area contributed by atoms with E-state index in [-0.39, 0.29) is 0 Å². The summed E-state index contributed by atoms with van der Waals surface area (Å²) in [7, 11) is -1.49. The third kappa shape index (κ3) is 14.1. The van der Waals surface area contributed by atoms with E-state index < -0.39 is 9.28 Å².